The van der Waals surface area contributed by atoms with E-state index in [4.69, 9.17) is 0 Å². The Labute approximate surface area is 174 Å². The molecule has 0 unspecified atom stereocenters. The zero-order valence-electron chi connectivity index (χ0n) is 16.5. The van der Waals surface area contributed by atoms with Gasteiger partial charge >= 0.3 is 0 Å². The highest BCUT2D eigenvalue weighted by Crippen LogP contribution is 2.22. The second-order valence-corrected chi connectivity index (χ2v) is 7.18. The molecule has 154 valence electrons. The number of nitrogens with one attached hydrogen (secondary N) is 2. The predicted octanol–water partition coefficient (Wildman–Crippen LogP) is 2.61. The highest BCUT2D eigenvalue weighted by molar-refractivity contribution is 5.97. The number of hydrogen-bond acceptors (Lipinski definition) is 5. The van der Waals surface area contributed by atoms with Gasteiger partial charge in [0.05, 0.1) is 11.1 Å². The second-order valence-electron chi connectivity index (χ2n) is 7.18. The number of carbonyl (C=O) groups excluding carboxylic acids is 2. The van der Waals surface area contributed by atoms with E-state index in [1.165, 1.54) is 24.3 Å². The maximum absolute atomic E-state index is 12.5. The summed E-state index contributed by atoms with van der Waals surface area (Å²) in [5, 5.41) is 25.4. The number of rotatable bonds is 7. The van der Waals surface area contributed by atoms with Gasteiger partial charge in [0.2, 0.25) is 0 Å². The number of amides is 2. The van der Waals surface area contributed by atoms with Crippen LogP contribution in [0.1, 0.15) is 33.3 Å². The van der Waals surface area contributed by atoms with E-state index in [2.05, 4.69) is 15.6 Å². The molecule has 7 nitrogen and oxygen atoms in total. The predicted molar refractivity (Wildman–Crippen MR) is 112 cm³/mol. The van der Waals surface area contributed by atoms with Gasteiger partial charge in [-0.1, -0.05) is 37.3 Å². The third-order valence-electron chi connectivity index (χ3n) is 4.86. The first-order valence-electron chi connectivity index (χ1n) is 9.44. The van der Waals surface area contributed by atoms with E-state index < -0.39 is 17.2 Å². The van der Waals surface area contributed by atoms with Crippen molar-refractivity contribution in [3.8, 4) is 11.5 Å². The van der Waals surface area contributed by atoms with E-state index in [0.29, 0.717) is 5.69 Å². The van der Waals surface area contributed by atoms with Crippen LogP contribution in [0.3, 0.4) is 0 Å². The standard InChI is InChI=1S/C23H23N3O4/c1-23(20-12-6-7-13-24-20,14-25-21(29)16-8-2-4-10-18(16)27)15-26-22(30)17-9-3-5-11-19(17)28/h2-13,27-28H,14-15H2,1H3,(H,25,29)(H,26,30). The molecule has 4 N–H and O–H groups in total. The molecule has 0 radical (unpaired) electrons. The second kappa shape index (κ2) is 9.09. The highest BCUT2D eigenvalue weighted by Gasteiger charge is 2.30. The fraction of sp³-hybridized carbons (Fsp3) is 0.174. The quantitative estimate of drug-likeness (QED) is 0.483. The first-order chi connectivity index (χ1) is 14.4. The van der Waals surface area contributed by atoms with E-state index in [-0.39, 0.29) is 35.7 Å². The summed E-state index contributed by atoms with van der Waals surface area (Å²) in [6, 6.07) is 18.0. The summed E-state index contributed by atoms with van der Waals surface area (Å²) in [7, 11) is 0. The number of aromatic hydroxyl groups is 2. The number of phenolic OH excluding ortho intramolecular Hbond substituents is 2. The molecule has 30 heavy (non-hydrogen) atoms. The molecular formula is C23H23N3O4. The van der Waals surface area contributed by atoms with Gasteiger partial charge in [-0.2, -0.15) is 0 Å². The van der Waals surface area contributed by atoms with Gasteiger partial charge in [-0.15, -0.1) is 0 Å². The van der Waals surface area contributed by atoms with Gasteiger partial charge in [-0.05, 0) is 36.4 Å². The molecule has 0 saturated heterocycles. The van der Waals surface area contributed by atoms with Crippen molar-refractivity contribution < 1.29 is 19.8 Å². The van der Waals surface area contributed by atoms with Crippen molar-refractivity contribution in [2.75, 3.05) is 13.1 Å². The van der Waals surface area contributed by atoms with Crippen LogP contribution < -0.4 is 10.6 Å². The molecule has 2 aromatic carbocycles. The number of para-hydroxylation sites is 2. The van der Waals surface area contributed by atoms with Gasteiger partial charge in [-0.25, -0.2) is 0 Å². The Kier molecular flexibility index (Phi) is 6.32. The zero-order valence-corrected chi connectivity index (χ0v) is 16.5. The van der Waals surface area contributed by atoms with Crippen molar-refractivity contribution in [3.05, 3.63) is 89.7 Å². The molecule has 0 aliphatic rings. The molecule has 0 bridgehead atoms. The Morgan fingerprint density at radius 2 is 1.27 bits per heavy atom. The molecular weight excluding hydrogens is 382 g/mol. The van der Waals surface area contributed by atoms with Gasteiger partial charge in [-0.3, -0.25) is 14.6 Å². The smallest absolute Gasteiger partial charge is 0.255 e. The molecule has 0 atom stereocenters. The molecule has 0 aliphatic heterocycles. The molecule has 1 aromatic heterocycles. The molecule has 7 heteroatoms. The van der Waals surface area contributed by atoms with Crippen LogP contribution in [0.5, 0.6) is 11.5 Å². The minimum absolute atomic E-state index is 0.109. The average molecular weight is 405 g/mol. The van der Waals surface area contributed by atoms with E-state index in [1.54, 1.807) is 36.5 Å². The van der Waals surface area contributed by atoms with Crippen LogP contribution in [0.25, 0.3) is 0 Å². The Morgan fingerprint density at radius 3 is 1.70 bits per heavy atom. The Balaban J connectivity index is 1.76. The van der Waals surface area contributed by atoms with Crippen molar-refractivity contribution in [1.29, 1.82) is 0 Å². The number of nitrogens with zero attached hydrogens (tertiary/aromatic N) is 1. The average Bonchev–Trinajstić information content (AvgIpc) is 2.77. The normalized spacial score (nSPS) is 11.0. The molecule has 0 fully saturated rings. The fourth-order valence-electron chi connectivity index (χ4n) is 3.04. The van der Waals surface area contributed by atoms with Crippen LogP contribution in [0, 0.1) is 0 Å². The Bertz CT molecular complexity index is 976. The van der Waals surface area contributed by atoms with E-state index in [1.807, 2.05) is 19.1 Å². The van der Waals surface area contributed by atoms with E-state index >= 15 is 0 Å². The lowest BCUT2D eigenvalue weighted by Crippen LogP contribution is -2.47. The molecule has 0 spiro atoms. The minimum atomic E-state index is -0.735. The maximum Gasteiger partial charge on any atom is 0.255 e. The van der Waals surface area contributed by atoms with Crippen molar-refractivity contribution in [2.45, 2.75) is 12.3 Å². The van der Waals surface area contributed by atoms with Crippen molar-refractivity contribution in [2.24, 2.45) is 0 Å². The first kappa shape index (κ1) is 20.9. The summed E-state index contributed by atoms with van der Waals surface area (Å²) in [6.45, 7) is 2.20. The van der Waals surface area contributed by atoms with Gasteiger partial charge in [0.1, 0.15) is 11.5 Å². The molecule has 2 amide bonds. The Hall–Kier alpha value is -3.87. The van der Waals surface area contributed by atoms with Gasteiger partial charge in [0, 0.05) is 30.4 Å². The molecule has 3 aromatic rings. The number of pyridine rings is 1. The topological polar surface area (TPSA) is 112 Å². The lowest BCUT2D eigenvalue weighted by atomic mass is 9.85. The summed E-state index contributed by atoms with van der Waals surface area (Å²) in [5.41, 5.74) is 0.278. The summed E-state index contributed by atoms with van der Waals surface area (Å²) in [5.74, 6) is -1.07. The fourth-order valence-corrected chi connectivity index (χ4v) is 3.04. The first-order valence-corrected chi connectivity index (χ1v) is 9.44. The van der Waals surface area contributed by atoms with Crippen molar-refractivity contribution in [1.82, 2.24) is 15.6 Å². The molecule has 1 heterocycles. The summed E-state index contributed by atoms with van der Waals surface area (Å²) < 4.78 is 0. The molecule has 0 saturated carbocycles. The number of phenols is 2. The van der Waals surface area contributed by atoms with Crippen LogP contribution in [0.4, 0.5) is 0 Å². The van der Waals surface area contributed by atoms with Crippen LogP contribution in [0.2, 0.25) is 0 Å². The van der Waals surface area contributed by atoms with Crippen LogP contribution in [-0.2, 0) is 5.41 Å². The number of carbonyl (C=O) groups is 2. The maximum atomic E-state index is 12.5. The highest BCUT2D eigenvalue weighted by atomic mass is 16.3. The Morgan fingerprint density at radius 1 is 0.800 bits per heavy atom. The SMILES string of the molecule is CC(CNC(=O)c1ccccc1O)(CNC(=O)c1ccccc1O)c1ccccn1. The molecule has 0 aliphatic carbocycles. The number of hydrogen-bond donors (Lipinski definition) is 4. The van der Waals surface area contributed by atoms with Crippen molar-refractivity contribution >= 4 is 11.8 Å². The lowest BCUT2D eigenvalue weighted by Gasteiger charge is -2.29. The van der Waals surface area contributed by atoms with E-state index in [9.17, 15) is 19.8 Å². The van der Waals surface area contributed by atoms with Crippen molar-refractivity contribution in [3.63, 3.8) is 0 Å². The minimum Gasteiger partial charge on any atom is -0.507 e. The van der Waals surface area contributed by atoms with Crippen LogP contribution in [0.15, 0.2) is 72.9 Å². The summed E-state index contributed by atoms with van der Waals surface area (Å²) >= 11 is 0. The summed E-state index contributed by atoms with van der Waals surface area (Å²) in [4.78, 5) is 29.5. The number of aromatic nitrogens is 1. The van der Waals surface area contributed by atoms with Gasteiger partial charge in [0.15, 0.2) is 0 Å². The number of benzene rings is 2. The largest absolute Gasteiger partial charge is 0.507 e. The lowest BCUT2D eigenvalue weighted by molar-refractivity contribution is 0.0931. The third kappa shape index (κ3) is 4.75. The third-order valence-corrected chi connectivity index (χ3v) is 4.86. The van der Waals surface area contributed by atoms with Gasteiger partial charge < -0.3 is 20.8 Å². The van der Waals surface area contributed by atoms with E-state index in [0.717, 1.165) is 0 Å². The van der Waals surface area contributed by atoms with Crippen LogP contribution in [-0.4, -0.2) is 40.1 Å². The monoisotopic (exact) mass is 405 g/mol. The van der Waals surface area contributed by atoms with Crippen LogP contribution >= 0.6 is 0 Å². The van der Waals surface area contributed by atoms with Gasteiger partial charge in [0.25, 0.3) is 11.8 Å². The summed E-state index contributed by atoms with van der Waals surface area (Å²) in [6.07, 6.45) is 1.64. The zero-order chi connectivity index (χ0) is 21.6. The molecule has 3 rings (SSSR count).